The number of ether oxygens (including phenoxy) is 1. The van der Waals surface area contributed by atoms with Gasteiger partial charge in [0.2, 0.25) is 0 Å². The molecule has 9 nitrogen and oxygen atoms in total. The van der Waals surface area contributed by atoms with Crippen LogP contribution in [0.4, 0.5) is 18.9 Å². The predicted octanol–water partition coefficient (Wildman–Crippen LogP) is 5.33. The van der Waals surface area contributed by atoms with Crippen LogP contribution in [0.5, 0.6) is 5.75 Å². The largest absolute Gasteiger partial charge is 0.488 e. The molecule has 0 saturated carbocycles. The van der Waals surface area contributed by atoms with Crippen molar-refractivity contribution < 1.29 is 32.6 Å². The number of anilines is 1. The number of hydrogen-bond donors (Lipinski definition) is 2. The van der Waals surface area contributed by atoms with Crippen LogP contribution in [0.3, 0.4) is 0 Å². The summed E-state index contributed by atoms with van der Waals surface area (Å²) in [5, 5.41) is 16.0. The van der Waals surface area contributed by atoms with Gasteiger partial charge in [-0.25, -0.2) is 14.6 Å². The number of carboxylic acid groups (broad SMARTS) is 1. The third kappa shape index (κ3) is 8.29. The maximum Gasteiger partial charge on any atom is 0.419 e. The van der Waals surface area contributed by atoms with Gasteiger partial charge in [-0.3, -0.25) is 9.59 Å². The number of aromatic nitrogens is 4. The molecule has 0 aliphatic carbocycles. The fourth-order valence-corrected chi connectivity index (χ4v) is 3.81. The topological polar surface area (TPSA) is 119 Å². The average Bonchev–Trinajstić information content (AvgIpc) is 3.25. The smallest absolute Gasteiger partial charge is 0.419 e. The summed E-state index contributed by atoms with van der Waals surface area (Å²) < 4.78 is 45.9. The quantitative estimate of drug-likeness (QED) is 0.283. The molecule has 2 aromatic heterocycles. The van der Waals surface area contributed by atoms with Gasteiger partial charge in [0, 0.05) is 30.3 Å². The summed E-state index contributed by atoms with van der Waals surface area (Å²) in [5.41, 5.74) is 0.297. The zero-order chi connectivity index (χ0) is 27.9. The molecule has 0 unspecified atom stereocenters. The number of hydrogen-bond acceptors (Lipinski definition) is 7. The summed E-state index contributed by atoms with van der Waals surface area (Å²) in [6, 6.07) is 6.89. The lowest BCUT2D eigenvalue weighted by Crippen LogP contribution is -2.28. The first-order valence-corrected chi connectivity index (χ1v) is 12.1. The Kier molecular flexibility index (Phi) is 9.43. The molecule has 12 heteroatoms. The first-order chi connectivity index (χ1) is 17.9. The van der Waals surface area contributed by atoms with E-state index in [1.54, 1.807) is 24.3 Å². The normalized spacial score (nSPS) is 12.4. The number of Topliss-reactive ketones (excluding diaryl/α,β-unsaturated/α-hetero) is 1. The summed E-state index contributed by atoms with van der Waals surface area (Å²) in [6.45, 7) is 5.70. The highest BCUT2D eigenvalue weighted by atomic mass is 19.4. The van der Waals surface area contributed by atoms with E-state index in [4.69, 9.17) is 9.84 Å². The molecule has 0 bridgehead atoms. The van der Waals surface area contributed by atoms with E-state index in [1.807, 2.05) is 0 Å². The maximum absolute atomic E-state index is 13.0. The van der Waals surface area contributed by atoms with E-state index >= 15 is 0 Å². The molecular weight excluding hydrogens is 503 g/mol. The van der Waals surface area contributed by atoms with Gasteiger partial charge in [-0.2, -0.15) is 18.3 Å². The minimum atomic E-state index is -4.51. The zero-order valence-corrected chi connectivity index (χ0v) is 21.3. The van der Waals surface area contributed by atoms with Crippen molar-refractivity contribution in [3.8, 4) is 11.7 Å². The minimum Gasteiger partial charge on any atom is -0.488 e. The van der Waals surface area contributed by atoms with Gasteiger partial charge in [0.25, 0.3) is 5.95 Å². The number of halogens is 3. The fraction of sp³-hybridized carbons (Fsp3) is 0.423. The van der Waals surface area contributed by atoms with E-state index in [2.05, 4.69) is 34.2 Å². The first-order valence-electron chi connectivity index (χ1n) is 12.1. The van der Waals surface area contributed by atoms with Crippen LogP contribution >= 0.6 is 0 Å². The van der Waals surface area contributed by atoms with E-state index in [0.717, 1.165) is 23.0 Å². The van der Waals surface area contributed by atoms with Crippen LogP contribution in [-0.4, -0.2) is 49.3 Å². The summed E-state index contributed by atoms with van der Waals surface area (Å²) >= 11 is 0. The molecule has 0 saturated heterocycles. The van der Waals surface area contributed by atoms with Gasteiger partial charge in [-0.05, 0) is 49.9 Å². The van der Waals surface area contributed by atoms with Gasteiger partial charge >= 0.3 is 12.1 Å². The van der Waals surface area contributed by atoms with E-state index in [0.29, 0.717) is 23.7 Å². The molecule has 0 aliphatic rings. The number of ketones is 1. The van der Waals surface area contributed by atoms with E-state index in [1.165, 1.54) is 19.3 Å². The van der Waals surface area contributed by atoms with Crippen LogP contribution in [0.15, 0.2) is 42.9 Å². The molecule has 0 radical (unpaired) electrons. The van der Waals surface area contributed by atoms with Crippen molar-refractivity contribution in [3.05, 3.63) is 59.7 Å². The van der Waals surface area contributed by atoms with Crippen LogP contribution < -0.4 is 10.1 Å². The number of alkyl halides is 3. The van der Waals surface area contributed by atoms with Crippen molar-refractivity contribution in [2.45, 2.75) is 58.7 Å². The molecular formula is C26H30F3N5O4. The Balaban J connectivity index is 1.59. The van der Waals surface area contributed by atoms with Gasteiger partial charge < -0.3 is 15.2 Å². The Hall–Kier alpha value is -3.96. The van der Waals surface area contributed by atoms with Crippen LogP contribution in [0.1, 0.15) is 61.1 Å². The molecule has 1 atom stereocenters. The first kappa shape index (κ1) is 28.6. The van der Waals surface area contributed by atoms with Crippen molar-refractivity contribution >= 4 is 17.4 Å². The standard InChI is InChI=1S/C26H30F3N5O4/c1-16(2)11-20(32-19-9-7-18(8-10-19)23(35)5-4-6-24(36)37)15-38-21-12-30-25(31-13-21)34-14-22(17(3)33-34)26(27,28)29/h7-10,12-14,16,20,32H,4-6,11,15H2,1-3H3,(H,36,37)/t20-/m0/s1. The number of benzene rings is 1. The Labute approximate surface area is 218 Å². The van der Waals surface area contributed by atoms with Crippen molar-refractivity contribution in [2.75, 3.05) is 11.9 Å². The van der Waals surface area contributed by atoms with Gasteiger partial charge in [0.1, 0.15) is 6.61 Å². The number of nitrogens with zero attached hydrogens (tertiary/aromatic N) is 4. The molecule has 0 spiro atoms. The lowest BCUT2D eigenvalue weighted by atomic mass is 10.0. The van der Waals surface area contributed by atoms with Crippen molar-refractivity contribution in [1.29, 1.82) is 0 Å². The number of nitrogens with one attached hydrogen (secondary N) is 1. The van der Waals surface area contributed by atoms with Gasteiger partial charge in [-0.1, -0.05) is 13.8 Å². The van der Waals surface area contributed by atoms with E-state index in [9.17, 15) is 22.8 Å². The number of carboxylic acids is 1. The fourth-order valence-electron chi connectivity index (χ4n) is 3.81. The van der Waals surface area contributed by atoms with Crippen LogP contribution in [-0.2, 0) is 11.0 Å². The van der Waals surface area contributed by atoms with Crippen molar-refractivity contribution in [1.82, 2.24) is 19.7 Å². The van der Waals surface area contributed by atoms with Crippen LogP contribution in [0.25, 0.3) is 5.95 Å². The highest BCUT2D eigenvalue weighted by Gasteiger charge is 2.35. The minimum absolute atomic E-state index is 0.00889. The Morgan fingerprint density at radius 2 is 1.76 bits per heavy atom. The number of carbonyl (C=O) groups excluding carboxylic acids is 1. The number of rotatable bonds is 13. The molecule has 204 valence electrons. The summed E-state index contributed by atoms with van der Waals surface area (Å²) in [4.78, 5) is 31.0. The summed E-state index contributed by atoms with van der Waals surface area (Å²) in [7, 11) is 0. The molecule has 0 amide bonds. The number of carbonyl (C=O) groups is 2. The molecule has 3 aromatic rings. The molecule has 0 aliphatic heterocycles. The second kappa shape index (κ2) is 12.5. The average molecular weight is 534 g/mol. The summed E-state index contributed by atoms with van der Waals surface area (Å²) in [6.07, 6.45) is 0.299. The number of aryl methyl sites for hydroxylation is 1. The lowest BCUT2D eigenvalue weighted by molar-refractivity contribution is -0.138. The maximum atomic E-state index is 13.0. The zero-order valence-electron chi connectivity index (χ0n) is 21.3. The highest BCUT2D eigenvalue weighted by molar-refractivity contribution is 5.96. The van der Waals surface area contributed by atoms with Crippen LogP contribution in [0, 0.1) is 12.8 Å². The molecule has 3 rings (SSSR count). The lowest BCUT2D eigenvalue weighted by Gasteiger charge is -2.22. The van der Waals surface area contributed by atoms with Crippen LogP contribution in [0.2, 0.25) is 0 Å². The van der Waals surface area contributed by atoms with Gasteiger partial charge in [-0.15, -0.1) is 0 Å². The van der Waals surface area contributed by atoms with Crippen molar-refractivity contribution in [3.63, 3.8) is 0 Å². The van der Waals surface area contributed by atoms with Gasteiger partial charge in [0.15, 0.2) is 11.5 Å². The van der Waals surface area contributed by atoms with E-state index in [-0.39, 0.29) is 42.9 Å². The second-order valence-corrected chi connectivity index (χ2v) is 9.32. The number of aliphatic carboxylic acids is 1. The Bertz CT molecular complexity index is 1230. The van der Waals surface area contributed by atoms with E-state index < -0.39 is 17.7 Å². The highest BCUT2D eigenvalue weighted by Crippen LogP contribution is 2.31. The van der Waals surface area contributed by atoms with Crippen molar-refractivity contribution in [2.24, 2.45) is 5.92 Å². The third-order valence-electron chi connectivity index (χ3n) is 5.60. The molecule has 38 heavy (non-hydrogen) atoms. The second-order valence-electron chi connectivity index (χ2n) is 9.32. The SMILES string of the molecule is Cc1nn(-c2ncc(OC[C@H](CC(C)C)Nc3ccc(C(=O)CCCC(=O)O)cc3)cn2)cc1C(F)(F)F. The third-order valence-corrected chi connectivity index (χ3v) is 5.60. The molecule has 2 N–H and O–H groups in total. The Morgan fingerprint density at radius 1 is 1.11 bits per heavy atom. The molecule has 1 aromatic carbocycles. The summed E-state index contributed by atoms with van der Waals surface area (Å²) in [5.74, 6) is -0.332. The molecule has 0 fully saturated rings. The Morgan fingerprint density at radius 3 is 2.32 bits per heavy atom. The monoisotopic (exact) mass is 533 g/mol. The van der Waals surface area contributed by atoms with Gasteiger partial charge in [0.05, 0.1) is 29.7 Å². The molecule has 2 heterocycles. The predicted molar refractivity (Wildman–Crippen MR) is 134 cm³/mol.